The Balaban J connectivity index is 2.15. The molecule has 2 aromatic carbocycles. The molecule has 2 rings (SSSR count). The average molecular weight is 286 g/mol. The van der Waals surface area contributed by atoms with Gasteiger partial charge in [0.25, 0.3) is 0 Å². The second-order valence-electron chi connectivity index (χ2n) is 4.91. The Labute approximate surface area is 123 Å². The summed E-state index contributed by atoms with van der Waals surface area (Å²) in [5.41, 5.74) is 2.30. The predicted molar refractivity (Wildman–Crippen MR) is 82.6 cm³/mol. The Morgan fingerprint density at radius 1 is 1.05 bits per heavy atom. The van der Waals surface area contributed by atoms with Gasteiger partial charge < -0.3 is 20.8 Å². The first-order valence-electron chi connectivity index (χ1n) is 6.61. The van der Waals surface area contributed by atoms with Crippen LogP contribution in [0.25, 0.3) is 0 Å². The fourth-order valence-electron chi connectivity index (χ4n) is 2.09. The van der Waals surface area contributed by atoms with Crippen LogP contribution in [0.15, 0.2) is 42.5 Å². The average Bonchev–Trinajstić information content (AvgIpc) is 2.37. The van der Waals surface area contributed by atoms with E-state index in [1.165, 1.54) is 13.0 Å². The van der Waals surface area contributed by atoms with E-state index < -0.39 is 0 Å². The molecule has 0 aliphatic heterocycles. The topological polar surface area (TPSA) is 81.6 Å². The second kappa shape index (κ2) is 6.17. The highest BCUT2D eigenvalue weighted by molar-refractivity contribution is 5.89. The summed E-state index contributed by atoms with van der Waals surface area (Å²) >= 11 is 0. The van der Waals surface area contributed by atoms with Crippen molar-refractivity contribution in [3.63, 3.8) is 0 Å². The third-order valence-electron chi connectivity index (χ3n) is 2.99. The first-order chi connectivity index (χ1) is 9.94. The molecule has 0 aromatic heterocycles. The lowest BCUT2D eigenvalue weighted by atomic mass is 10.1. The van der Waals surface area contributed by atoms with Crippen molar-refractivity contribution in [1.82, 2.24) is 0 Å². The largest absolute Gasteiger partial charge is 0.508 e. The lowest BCUT2D eigenvalue weighted by Crippen LogP contribution is -2.08. The Morgan fingerprint density at radius 2 is 1.67 bits per heavy atom. The SMILES string of the molecule is CC(=O)Nc1cccc(NC(C)c2cc(O)cc(O)c2)c1. The number of carbonyl (C=O) groups excluding carboxylic acids is 1. The van der Waals surface area contributed by atoms with Gasteiger partial charge >= 0.3 is 0 Å². The zero-order valence-electron chi connectivity index (χ0n) is 11.9. The van der Waals surface area contributed by atoms with Crippen molar-refractivity contribution in [3.8, 4) is 11.5 Å². The van der Waals surface area contributed by atoms with Gasteiger partial charge in [0.05, 0.1) is 0 Å². The molecule has 1 unspecified atom stereocenters. The van der Waals surface area contributed by atoms with Crippen LogP contribution in [0.3, 0.4) is 0 Å². The van der Waals surface area contributed by atoms with Crippen molar-refractivity contribution in [3.05, 3.63) is 48.0 Å². The van der Waals surface area contributed by atoms with Gasteiger partial charge in [0.15, 0.2) is 0 Å². The van der Waals surface area contributed by atoms with Crippen LogP contribution < -0.4 is 10.6 Å². The maximum atomic E-state index is 11.1. The summed E-state index contributed by atoms with van der Waals surface area (Å²) in [5, 5.41) is 25.0. The summed E-state index contributed by atoms with van der Waals surface area (Å²) in [7, 11) is 0. The Hall–Kier alpha value is -2.69. The molecule has 5 nitrogen and oxygen atoms in total. The van der Waals surface area contributed by atoms with E-state index in [1.54, 1.807) is 18.2 Å². The monoisotopic (exact) mass is 286 g/mol. The van der Waals surface area contributed by atoms with Crippen LogP contribution in [0.2, 0.25) is 0 Å². The van der Waals surface area contributed by atoms with Crippen LogP contribution in [0.5, 0.6) is 11.5 Å². The molecule has 0 aliphatic carbocycles. The molecule has 0 bridgehead atoms. The van der Waals surface area contributed by atoms with Crippen LogP contribution in [-0.2, 0) is 4.79 Å². The molecule has 1 amide bonds. The van der Waals surface area contributed by atoms with E-state index in [4.69, 9.17) is 0 Å². The van der Waals surface area contributed by atoms with Gasteiger partial charge in [-0.25, -0.2) is 0 Å². The fourth-order valence-corrected chi connectivity index (χ4v) is 2.09. The highest BCUT2D eigenvalue weighted by atomic mass is 16.3. The summed E-state index contributed by atoms with van der Waals surface area (Å²) in [6, 6.07) is 11.7. The number of hydrogen-bond acceptors (Lipinski definition) is 4. The number of nitrogens with one attached hydrogen (secondary N) is 2. The Morgan fingerprint density at radius 3 is 2.29 bits per heavy atom. The normalized spacial score (nSPS) is 11.7. The minimum absolute atomic E-state index is 0.0191. The van der Waals surface area contributed by atoms with Gasteiger partial charge in [-0.3, -0.25) is 4.79 Å². The first-order valence-corrected chi connectivity index (χ1v) is 6.61. The summed E-state index contributed by atoms with van der Waals surface area (Å²) in [6.07, 6.45) is 0. The number of amides is 1. The first kappa shape index (κ1) is 14.7. The van der Waals surface area contributed by atoms with Crippen molar-refractivity contribution in [1.29, 1.82) is 0 Å². The highest BCUT2D eigenvalue weighted by Gasteiger charge is 2.08. The van der Waals surface area contributed by atoms with Gasteiger partial charge in [0, 0.05) is 30.4 Å². The summed E-state index contributed by atoms with van der Waals surface area (Å²) in [4.78, 5) is 11.1. The van der Waals surface area contributed by atoms with Gasteiger partial charge in [-0.1, -0.05) is 6.07 Å². The van der Waals surface area contributed by atoms with Gasteiger partial charge in [-0.2, -0.15) is 0 Å². The summed E-state index contributed by atoms with van der Waals surface area (Å²) in [5.74, 6) is -0.0885. The van der Waals surface area contributed by atoms with E-state index in [9.17, 15) is 15.0 Å². The highest BCUT2D eigenvalue weighted by Crippen LogP contribution is 2.27. The van der Waals surface area contributed by atoms with E-state index in [1.807, 2.05) is 25.1 Å². The van der Waals surface area contributed by atoms with Crippen LogP contribution >= 0.6 is 0 Å². The van der Waals surface area contributed by atoms with Crippen molar-refractivity contribution in [2.24, 2.45) is 0 Å². The quantitative estimate of drug-likeness (QED) is 0.695. The molecule has 0 heterocycles. The molecular weight excluding hydrogens is 268 g/mol. The summed E-state index contributed by atoms with van der Waals surface area (Å²) < 4.78 is 0. The fraction of sp³-hybridized carbons (Fsp3) is 0.188. The molecule has 0 saturated heterocycles. The number of aromatic hydroxyl groups is 2. The molecule has 0 saturated carbocycles. The number of rotatable bonds is 4. The van der Waals surface area contributed by atoms with Gasteiger partial charge in [0.2, 0.25) is 5.91 Å². The molecule has 110 valence electrons. The number of phenolic OH excluding ortho intramolecular Hbond substituents is 2. The van der Waals surface area contributed by atoms with Crippen molar-refractivity contribution >= 4 is 17.3 Å². The maximum absolute atomic E-state index is 11.1. The molecule has 0 radical (unpaired) electrons. The standard InChI is InChI=1S/C16H18N2O3/c1-10(12-6-15(20)9-16(21)7-12)17-13-4-3-5-14(8-13)18-11(2)19/h3-10,17,20-21H,1-2H3,(H,18,19). The minimum atomic E-state index is -0.127. The third kappa shape index (κ3) is 4.14. The molecule has 21 heavy (non-hydrogen) atoms. The van der Waals surface area contributed by atoms with Crippen LogP contribution in [0, 0.1) is 0 Å². The number of phenols is 2. The molecule has 0 aliphatic rings. The number of carbonyl (C=O) groups is 1. The predicted octanol–water partition coefficient (Wildman–Crippen LogP) is 3.23. The molecule has 0 fully saturated rings. The number of hydrogen-bond donors (Lipinski definition) is 4. The Bertz CT molecular complexity index is 635. The molecule has 5 heteroatoms. The van der Waals surface area contributed by atoms with E-state index in [0.717, 1.165) is 11.3 Å². The minimum Gasteiger partial charge on any atom is -0.508 e. The smallest absolute Gasteiger partial charge is 0.221 e. The van der Waals surface area contributed by atoms with Crippen LogP contribution in [0.4, 0.5) is 11.4 Å². The zero-order chi connectivity index (χ0) is 15.4. The molecule has 0 spiro atoms. The molecule has 1 atom stereocenters. The summed E-state index contributed by atoms with van der Waals surface area (Å²) in [6.45, 7) is 3.37. The van der Waals surface area contributed by atoms with Crippen molar-refractivity contribution in [2.45, 2.75) is 19.9 Å². The van der Waals surface area contributed by atoms with Gasteiger partial charge in [0.1, 0.15) is 11.5 Å². The van der Waals surface area contributed by atoms with Crippen molar-refractivity contribution < 1.29 is 15.0 Å². The van der Waals surface area contributed by atoms with E-state index in [0.29, 0.717) is 5.69 Å². The van der Waals surface area contributed by atoms with E-state index in [-0.39, 0.29) is 23.4 Å². The van der Waals surface area contributed by atoms with Crippen LogP contribution in [-0.4, -0.2) is 16.1 Å². The number of anilines is 2. The lowest BCUT2D eigenvalue weighted by molar-refractivity contribution is -0.114. The van der Waals surface area contributed by atoms with Gasteiger partial charge in [-0.15, -0.1) is 0 Å². The molecule has 4 N–H and O–H groups in total. The maximum Gasteiger partial charge on any atom is 0.221 e. The zero-order valence-corrected chi connectivity index (χ0v) is 11.9. The van der Waals surface area contributed by atoms with Crippen molar-refractivity contribution in [2.75, 3.05) is 10.6 Å². The third-order valence-corrected chi connectivity index (χ3v) is 2.99. The Kier molecular flexibility index (Phi) is 4.33. The lowest BCUT2D eigenvalue weighted by Gasteiger charge is -2.17. The van der Waals surface area contributed by atoms with Gasteiger partial charge in [-0.05, 0) is 42.8 Å². The molecular formula is C16H18N2O3. The number of benzene rings is 2. The van der Waals surface area contributed by atoms with E-state index in [2.05, 4.69) is 10.6 Å². The van der Waals surface area contributed by atoms with E-state index >= 15 is 0 Å². The van der Waals surface area contributed by atoms with Crippen LogP contribution in [0.1, 0.15) is 25.5 Å². The molecule has 2 aromatic rings. The second-order valence-corrected chi connectivity index (χ2v) is 4.91.